The molecule has 2 heterocycles. The fraction of sp³-hybridized carbons (Fsp3) is 0.364. The summed E-state index contributed by atoms with van der Waals surface area (Å²) in [5.74, 6) is 0.767. The Bertz CT molecular complexity index is 1130. The second-order valence-electron chi connectivity index (χ2n) is 7.54. The molecule has 152 valence electrons. The molecule has 0 saturated heterocycles. The molecule has 4 rings (SSSR count). The fourth-order valence-corrected chi connectivity index (χ4v) is 5.27. The lowest BCUT2D eigenvalue weighted by molar-refractivity contribution is 0.101. The molecule has 0 spiro atoms. The highest BCUT2D eigenvalue weighted by atomic mass is 32.2. The van der Waals surface area contributed by atoms with Crippen molar-refractivity contribution in [2.45, 2.75) is 43.9 Å². The molecule has 0 radical (unpaired) electrons. The van der Waals surface area contributed by atoms with Gasteiger partial charge in [0.1, 0.15) is 5.75 Å². The zero-order chi connectivity index (χ0) is 20.4. The van der Waals surface area contributed by atoms with Crippen LogP contribution < -0.4 is 4.74 Å². The fourth-order valence-electron chi connectivity index (χ4n) is 3.93. The van der Waals surface area contributed by atoms with Gasteiger partial charge >= 0.3 is 0 Å². The molecule has 1 aromatic carbocycles. The van der Waals surface area contributed by atoms with Crippen molar-refractivity contribution >= 4 is 26.8 Å². The van der Waals surface area contributed by atoms with Gasteiger partial charge in [-0.25, -0.2) is 17.4 Å². The van der Waals surface area contributed by atoms with Gasteiger partial charge in [0.05, 0.1) is 16.9 Å². The second kappa shape index (κ2) is 7.99. The summed E-state index contributed by atoms with van der Waals surface area (Å²) < 4.78 is 33.5. The molecule has 29 heavy (non-hydrogen) atoms. The van der Waals surface area contributed by atoms with Gasteiger partial charge < -0.3 is 4.74 Å². The molecule has 1 fully saturated rings. The van der Waals surface area contributed by atoms with E-state index in [-0.39, 0.29) is 16.3 Å². The summed E-state index contributed by atoms with van der Waals surface area (Å²) in [5.41, 5.74) is 0.506. The number of carbonyl (C=O) groups is 1. The highest BCUT2D eigenvalue weighted by Crippen LogP contribution is 2.33. The number of carbonyl (C=O) groups excluding carboxylic acids is 1. The lowest BCUT2D eigenvalue weighted by atomic mass is 9.90. The number of hydrogen-bond donors (Lipinski definition) is 0. The van der Waals surface area contributed by atoms with Crippen molar-refractivity contribution in [2.24, 2.45) is 5.92 Å². The van der Waals surface area contributed by atoms with E-state index in [2.05, 4.69) is 4.98 Å². The van der Waals surface area contributed by atoms with Gasteiger partial charge in [-0.3, -0.25) is 4.79 Å². The number of pyridine rings is 1. The number of ketones is 1. The predicted octanol–water partition coefficient (Wildman–Crippen LogP) is 4.44. The van der Waals surface area contributed by atoms with Crippen LogP contribution in [0.25, 0.3) is 11.0 Å². The normalized spacial score (nSPS) is 15.5. The summed E-state index contributed by atoms with van der Waals surface area (Å²) in [6, 6.07) is 9.84. The number of Topliss-reactive ketones (excluding diaryl/α,β-unsaturated/α-hetero) is 1. The Balaban J connectivity index is 1.79. The van der Waals surface area contributed by atoms with E-state index >= 15 is 0 Å². The standard InChI is InChI=1S/C22H24N2O4S/c1-16(25)19-14-24(29(26,27)18-10-6-3-7-11-18)22-21(19)20(12-13-23-22)28-15-17-8-4-2-5-9-17/h3,6-7,10-14,17H,2,4-5,8-9,15H2,1H3. The highest BCUT2D eigenvalue weighted by molar-refractivity contribution is 7.90. The Morgan fingerprint density at radius 2 is 1.86 bits per heavy atom. The van der Waals surface area contributed by atoms with Crippen LogP contribution in [0.2, 0.25) is 0 Å². The number of fused-ring (bicyclic) bond motifs is 1. The molecular formula is C22H24N2O4S. The third kappa shape index (κ3) is 3.79. The van der Waals surface area contributed by atoms with Crippen molar-refractivity contribution in [3.8, 4) is 5.75 Å². The molecule has 0 bridgehead atoms. The molecule has 0 atom stereocenters. The molecule has 6 nitrogen and oxygen atoms in total. The van der Waals surface area contributed by atoms with Gasteiger partial charge in [-0.1, -0.05) is 37.5 Å². The van der Waals surface area contributed by atoms with Crippen LogP contribution in [0.4, 0.5) is 0 Å². The molecule has 0 unspecified atom stereocenters. The Hall–Kier alpha value is -2.67. The number of ether oxygens (including phenoxy) is 1. The Morgan fingerprint density at radius 3 is 2.55 bits per heavy atom. The Labute approximate surface area is 170 Å². The largest absolute Gasteiger partial charge is 0.492 e. The van der Waals surface area contributed by atoms with Gasteiger partial charge in [0.15, 0.2) is 11.4 Å². The number of hydrogen-bond acceptors (Lipinski definition) is 5. The van der Waals surface area contributed by atoms with Gasteiger partial charge in [0.25, 0.3) is 10.0 Å². The van der Waals surface area contributed by atoms with Crippen molar-refractivity contribution in [2.75, 3.05) is 6.61 Å². The lowest BCUT2D eigenvalue weighted by Crippen LogP contribution is -2.15. The zero-order valence-electron chi connectivity index (χ0n) is 16.4. The van der Waals surface area contributed by atoms with E-state index in [1.54, 1.807) is 24.3 Å². The lowest BCUT2D eigenvalue weighted by Gasteiger charge is -2.21. The average Bonchev–Trinajstić information content (AvgIpc) is 3.15. The van der Waals surface area contributed by atoms with Crippen LogP contribution in [-0.4, -0.2) is 29.8 Å². The minimum atomic E-state index is -3.88. The van der Waals surface area contributed by atoms with Gasteiger partial charge in [-0.05, 0) is 43.9 Å². The quantitative estimate of drug-likeness (QED) is 0.560. The second-order valence-corrected chi connectivity index (χ2v) is 9.35. The first-order chi connectivity index (χ1) is 14.0. The predicted molar refractivity (Wildman–Crippen MR) is 111 cm³/mol. The molecule has 0 amide bonds. The molecule has 3 aromatic rings. The molecule has 1 aliphatic rings. The van der Waals surface area contributed by atoms with Gasteiger partial charge in [0.2, 0.25) is 0 Å². The van der Waals surface area contributed by atoms with Crippen LogP contribution in [-0.2, 0) is 10.0 Å². The van der Waals surface area contributed by atoms with Crippen LogP contribution in [0.3, 0.4) is 0 Å². The first kappa shape index (κ1) is 19.6. The highest BCUT2D eigenvalue weighted by Gasteiger charge is 2.26. The third-order valence-electron chi connectivity index (χ3n) is 5.50. The van der Waals surface area contributed by atoms with Crippen molar-refractivity contribution in [1.29, 1.82) is 0 Å². The molecule has 0 aliphatic heterocycles. The molecular weight excluding hydrogens is 388 g/mol. The summed E-state index contributed by atoms with van der Waals surface area (Å²) >= 11 is 0. The Kier molecular flexibility index (Phi) is 5.41. The van der Waals surface area contributed by atoms with E-state index in [0.29, 0.717) is 29.2 Å². The monoisotopic (exact) mass is 412 g/mol. The molecule has 1 aliphatic carbocycles. The smallest absolute Gasteiger partial charge is 0.269 e. The summed E-state index contributed by atoms with van der Waals surface area (Å²) in [7, 11) is -3.88. The van der Waals surface area contributed by atoms with Crippen LogP contribution in [0.5, 0.6) is 5.75 Å². The number of rotatable bonds is 6. The summed E-state index contributed by atoms with van der Waals surface area (Å²) in [4.78, 5) is 16.7. The summed E-state index contributed by atoms with van der Waals surface area (Å²) in [6.45, 7) is 1.99. The van der Waals surface area contributed by atoms with E-state index in [1.807, 2.05) is 0 Å². The molecule has 2 aromatic heterocycles. The minimum Gasteiger partial charge on any atom is -0.492 e. The topological polar surface area (TPSA) is 78.3 Å². The van der Waals surface area contributed by atoms with Crippen molar-refractivity contribution in [1.82, 2.24) is 8.96 Å². The van der Waals surface area contributed by atoms with Crippen molar-refractivity contribution in [3.63, 3.8) is 0 Å². The summed E-state index contributed by atoms with van der Waals surface area (Å²) in [6.07, 6.45) is 8.85. The molecule has 1 saturated carbocycles. The first-order valence-corrected chi connectivity index (χ1v) is 11.4. The van der Waals surface area contributed by atoms with Crippen LogP contribution in [0, 0.1) is 5.92 Å². The van der Waals surface area contributed by atoms with Gasteiger partial charge in [-0.15, -0.1) is 0 Å². The van der Waals surface area contributed by atoms with Crippen molar-refractivity contribution < 1.29 is 17.9 Å². The molecule has 0 N–H and O–H groups in total. The molecule has 7 heteroatoms. The van der Waals surface area contributed by atoms with Crippen LogP contribution in [0.15, 0.2) is 53.7 Å². The van der Waals surface area contributed by atoms with Crippen LogP contribution in [0.1, 0.15) is 49.4 Å². The average molecular weight is 413 g/mol. The maximum absolute atomic E-state index is 13.2. The number of nitrogens with zero attached hydrogens (tertiary/aromatic N) is 2. The van der Waals surface area contributed by atoms with Crippen LogP contribution >= 0.6 is 0 Å². The van der Waals surface area contributed by atoms with Crippen molar-refractivity contribution in [3.05, 3.63) is 54.4 Å². The third-order valence-corrected chi connectivity index (χ3v) is 7.16. The van der Waals surface area contributed by atoms with Gasteiger partial charge in [-0.2, -0.15) is 0 Å². The Morgan fingerprint density at radius 1 is 1.14 bits per heavy atom. The van der Waals surface area contributed by atoms with E-state index in [9.17, 15) is 13.2 Å². The van der Waals surface area contributed by atoms with E-state index in [1.165, 1.54) is 50.7 Å². The maximum Gasteiger partial charge on any atom is 0.269 e. The van der Waals surface area contributed by atoms with E-state index < -0.39 is 10.0 Å². The maximum atomic E-state index is 13.2. The number of aromatic nitrogens is 2. The SMILES string of the molecule is CC(=O)c1cn(S(=O)(=O)c2ccccc2)c2nccc(OCC3CCCCC3)c12. The number of benzene rings is 1. The van der Waals surface area contributed by atoms with E-state index in [4.69, 9.17) is 4.74 Å². The minimum absolute atomic E-state index is 0.141. The van der Waals surface area contributed by atoms with Gasteiger partial charge in [0, 0.05) is 18.0 Å². The zero-order valence-corrected chi connectivity index (χ0v) is 17.2. The summed E-state index contributed by atoms with van der Waals surface area (Å²) in [5, 5.41) is 0.454. The van der Waals surface area contributed by atoms with E-state index in [0.717, 1.165) is 16.8 Å². The first-order valence-electron chi connectivity index (χ1n) is 9.93.